The van der Waals surface area contributed by atoms with Crippen molar-refractivity contribution in [2.24, 2.45) is 0 Å². The van der Waals surface area contributed by atoms with E-state index in [1.807, 2.05) is 13.8 Å². The molecular weight excluding hydrogens is 168 g/mol. The van der Waals surface area contributed by atoms with Crippen molar-refractivity contribution in [3.05, 3.63) is 0 Å². The summed E-state index contributed by atoms with van der Waals surface area (Å²) in [5, 5.41) is 15.6. The lowest BCUT2D eigenvalue weighted by Crippen LogP contribution is -1.84. The monoisotopic (exact) mass is 194 g/mol. The van der Waals surface area contributed by atoms with Gasteiger partial charge in [0.1, 0.15) is 0 Å². The maximum absolute atomic E-state index is 8.07. The summed E-state index contributed by atoms with van der Waals surface area (Å²) in [7, 11) is 0. The molecule has 0 aromatic carbocycles. The second kappa shape index (κ2) is 29.7. The molecule has 3 nitrogen and oxygen atoms in total. The van der Waals surface area contributed by atoms with Gasteiger partial charge in [-0.2, -0.15) is 0 Å². The van der Waals surface area contributed by atoms with E-state index in [4.69, 9.17) is 14.9 Å². The lowest BCUT2D eigenvalue weighted by Gasteiger charge is -1.86. The Morgan fingerprint density at radius 2 is 1.31 bits per heavy atom. The maximum atomic E-state index is 8.07. The SMILES string of the molecule is CCCCO.CCO.CCOCC. The smallest absolute Gasteiger partial charge is 0.0437 e. The molecule has 2 N–H and O–H groups in total. The van der Waals surface area contributed by atoms with Crippen LogP contribution >= 0.6 is 0 Å². The molecule has 0 saturated carbocycles. The van der Waals surface area contributed by atoms with Crippen LogP contribution in [0.2, 0.25) is 0 Å². The second-order valence-electron chi connectivity index (χ2n) is 2.17. The summed E-state index contributed by atoms with van der Waals surface area (Å²) in [6, 6.07) is 0. The molecule has 0 atom stereocenters. The summed E-state index contributed by atoms with van der Waals surface area (Å²) >= 11 is 0. The third-order valence-corrected chi connectivity index (χ3v) is 0.920. The van der Waals surface area contributed by atoms with Gasteiger partial charge in [-0.25, -0.2) is 0 Å². The van der Waals surface area contributed by atoms with Gasteiger partial charge in [-0.05, 0) is 27.2 Å². The number of hydrogen-bond donors (Lipinski definition) is 2. The molecule has 84 valence electrons. The Hall–Kier alpha value is -0.120. The quantitative estimate of drug-likeness (QED) is 0.717. The zero-order valence-electron chi connectivity index (χ0n) is 9.55. The number of rotatable bonds is 4. The van der Waals surface area contributed by atoms with Gasteiger partial charge in [0, 0.05) is 26.4 Å². The third-order valence-electron chi connectivity index (χ3n) is 0.920. The molecule has 0 heterocycles. The van der Waals surface area contributed by atoms with E-state index >= 15 is 0 Å². The summed E-state index contributed by atoms with van der Waals surface area (Å²) < 4.78 is 4.83. The van der Waals surface area contributed by atoms with Crippen LogP contribution in [0, 0.1) is 0 Å². The van der Waals surface area contributed by atoms with Crippen LogP contribution < -0.4 is 0 Å². The molecule has 13 heavy (non-hydrogen) atoms. The van der Waals surface area contributed by atoms with Crippen molar-refractivity contribution in [3.63, 3.8) is 0 Å². The average molecular weight is 194 g/mol. The van der Waals surface area contributed by atoms with E-state index < -0.39 is 0 Å². The predicted octanol–water partition coefficient (Wildman–Crippen LogP) is 1.82. The fourth-order valence-electron chi connectivity index (χ4n) is 0.362. The first-order chi connectivity index (χ1) is 6.24. The molecule has 0 aliphatic rings. The van der Waals surface area contributed by atoms with Crippen molar-refractivity contribution < 1.29 is 14.9 Å². The van der Waals surface area contributed by atoms with E-state index in [1.165, 1.54) is 0 Å². The van der Waals surface area contributed by atoms with Crippen LogP contribution in [0.4, 0.5) is 0 Å². The zero-order chi connectivity index (χ0) is 10.9. The van der Waals surface area contributed by atoms with Gasteiger partial charge in [-0.3, -0.25) is 0 Å². The number of aliphatic hydroxyl groups is 2. The lowest BCUT2D eigenvalue weighted by atomic mass is 10.4. The van der Waals surface area contributed by atoms with E-state index in [0.717, 1.165) is 26.1 Å². The Morgan fingerprint density at radius 3 is 1.31 bits per heavy atom. The highest BCUT2D eigenvalue weighted by Crippen LogP contribution is 1.78. The predicted molar refractivity (Wildman–Crippen MR) is 56.9 cm³/mol. The van der Waals surface area contributed by atoms with Gasteiger partial charge in [0.25, 0.3) is 0 Å². The van der Waals surface area contributed by atoms with Gasteiger partial charge in [0.15, 0.2) is 0 Å². The fourth-order valence-corrected chi connectivity index (χ4v) is 0.362. The minimum Gasteiger partial charge on any atom is -0.397 e. The van der Waals surface area contributed by atoms with Crippen LogP contribution in [0.5, 0.6) is 0 Å². The highest BCUT2D eigenvalue weighted by atomic mass is 16.5. The fraction of sp³-hybridized carbons (Fsp3) is 1.00. The molecule has 0 aliphatic heterocycles. The molecule has 0 saturated heterocycles. The highest BCUT2D eigenvalue weighted by Gasteiger charge is 1.69. The third kappa shape index (κ3) is 77.0. The molecule has 0 radical (unpaired) electrons. The Labute approximate surface area is 82.7 Å². The Balaban J connectivity index is -0.000000120. The van der Waals surface area contributed by atoms with Gasteiger partial charge in [0.05, 0.1) is 0 Å². The maximum Gasteiger partial charge on any atom is 0.0437 e. The van der Waals surface area contributed by atoms with E-state index in [9.17, 15) is 0 Å². The summed E-state index contributed by atoms with van der Waals surface area (Å²) in [5.74, 6) is 0. The van der Waals surface area contributed by atoms with Crippen LogP contribution in [0.15, 0.2) is 0 Å². The largest absolute Gasteiger partial charge is 0.397 e. The Kier molecular flexibility index (Phi) is 42.6. The molecule has 0 aliphatic carbocycles. The van der Waals surface area contributed by atoms with Crippen molar-refractivity contribution in [1.82, 2.24) is 0 Å². The van der Waals surface area contributed by atoms with Crippen LogP contribution in [0.3, 0.4) is 0 Å². The summed E-state index contributed by atoms with van der Waals surface area (Å²) in [5.41, 5.74) is 0. The molecular formula is C10H26O3. The zero-order valence-corrected chi connectivity index (χ0v) is 9.55. The van der Waals surface area contributed by atoms with Gasteiger partial charge >= 0.3 is 0 Å². The second-order valence-corrected chi connectivity index (χ2v) is 2.17. The lowest BCUT2D eigenvalue weighted by molar-refractivity contribution is 0.162. The van der Waals surface area contributed by atoms with Gasteiger partial charge in [0.2, 0.25) is 0 Å². The first-order valence-electron chi connectivity index (χ1n) is 5.04. The standard InChI is InChI=1S/2C4H10O.C2H6O/c1-3-5-4-2;1-2-3-4-5;1-2-3/h3-4H2,1-2H3;5H,2-4H2,1H3;3H,2H2,1H3. The molecule has 0 aromatic heterocycles. The van der Waals surface area contributed by atoms with Crippen molar-refractivity contribution in [2.75, 3.05) is 26.4 Å². The summed E-state index contributed by atoms with van der Waals surface area (Å²) in [6.45, 7) is 9.99. The first kappa shape index (κ1) is 18.6. The van der Waals surface area contributed by atoms with Crippen LogP contribution in [-0.2, 0) is 4.74 Å². The number of ether oxygens (including phenoxy) is 1. The van der Waals surface area contributed by atoms with Crippen LogP contribution in [0.25, 0.3) is 0 Å². The molecule has 0 fully saturated rings. The van der Waals surface area contributed by atoms with Gasteiger partial charge in [-0.1, -0.05) is 13.3 Å². The van der Waals surface area contributed by atoms with Crippen molar-refractivity contribution in [3.8, 4) is 0 Å². The molecule has 0 bridgehead atoms. The number of aliphatic hydroxyl groups excluding tert-OH is 2. The van der Waals surface area contributed by atoms with Gasteiger partial charge < -0.3 is 14.9 Å². The highest BCUT2D eigenvalue weighted by molar-refractivity contribution is 4.23. The van der Waals surface area contributed by atoms with E-state index in [2.05, 4.69) is 6.92 Å². The molecule has 0 aromatic rings. The molecule has 0 amide bonds. The summed E-state index contributed by atoms with van der Waals surface area (Å²) in [4.78, 5) is 0. The minimum absolute atomic E-state index is 0.250. The molecule has 0 spiro atoms. The van der Waals surface area contributed by atoms with Crippen molar-refractivity contribution in [2.45, 2.75) is 40.5 Å². The Bertz CT molecular complexity index is 39.4. The Morgan fingerprint density at radius 1 is 0.923 bits per heavy atom. The van der Waals surface area contributed by atoms with Crippen LogP contribution in [-0.4, -0.2) is 36.6 Å². The topological polar surface area (TPSA) is 49.7 Å². The number of hydrogen-bond acceptors (Lipinski definition) is 3. The van der Waals surface area contributed by atoms with Crippen LogP contribution in [0.1, 0.15) is 40.5 Å². The minimum atomic E-state index is 0.250. The average Bonchev–Trinajstić information content (AvgIpc) is 2.09. The van der Waals surface area contributed by atoms with E-state index in [-0.39, 0.29) is 6.61 Å². The van der Waals surface area contributed by atoms with Crippen molar-refractivity contribution in [1.29, 1.82) is 0 Å². The first-order valence-corrected chi connectivity index (χ1v) is 5.04. The number of unbranched alkanes of at least 4 members (excludes halogenated alkanes) is 1. The van der Waals surface area contributed by atoms with Gasteiger partial charge in [-0.15, -0.1) is 0 Å². The van der Waals surface area contributed by atoms with Crippen molar-refractivity contribution >= 4 is 0 Å². The molecule has 3 heteroatoms. The summed E-state index contributed by atoms with van der Waals surface area (Å²) in [6.07, 6.45) is 2.04. The molecule has 0 rings (SSSR count). The van der Waals surface area contributed by atoms with E-state index in [0.29, 0.717) is 6.61 Å². The normalized spacial score (nSPS) is 7.85. The van der Waals surface area contributed by atoms with E-state index in [1.54, 1.807) is 6.92 Å². The molecule has 0 unspecified atom stereocenters.